The minimum atomic E-state index is -0.493. The van der Waals surface area contributed by atoms with Crippen molar-refractivity contribution in [1.82, 2.24) is 29.9 Å². The normalized spacial score (nSPS) is 23.7. The summed E-state index contributed by atoms with van der Waals surface area (Å²) in [5.41, 5.74) is 2.69. The number of aromatic nitrogens is 5. The number of pyridine rings is 1. The van der Waals surface area contributed by atoms with Crippen molar-refractivity contribution in [1.29, 1.82) is 0 Å². The van der Waals surface area contributed by atoms with Gasteiger partial charge >= 0.3 is 6.09 Å². The van der Waals surface area contributed by atoms with Crippen molar-refractivity contribution in [3.8, 4) is 28.4 Å². The highest BCUT2D eigenvalue weighted by Crippen LogP contribution is 2.39. The molecule has 3 aliphatic heterocycles. The fourth-order valence-corrected chi connectivity index (χ4v) is 6.53. The number of rotatable bonds is 7. The van der Waals surface area contributed by atoms with Crippen LogP contribution in [0.5, 0.6) is 5.88 Å². The van der Waals surface area contributed by atoms with Crippen LogP contribution in [0.2, 0.25) is 0 Å². The minimum Gasteiger partial charge on any atom is -0.478 e. The van der Waals surface area contributed by atoms with Crippen molar-refractivity contribution in [2.24, 2.45) is 0 Å². The van der Waals surface area contributed by atoms with Gasteiger partial charge in [-0.15, -0.1) is 10.2 Å². The molecule has 0 aromatic carbocycles. The highest BCUT2D eigenvalue weighted by molar-refractivity contribution is 5.71. The standard InChI is InChI=1S/C32H43N7O4/c1-6-41-30-25(21-19-33-38(20-21)29-9-7-8-16-42-29)12-13-26(34-30)27-14-15-28(36-35-27)37(5)24-17-22-10-11-23(18-24)39(22)31(40)43-32(2,3)4/h12-15,19-20,22-24,29H,6-11,16-18H2,1-5H3/t22-,23+,24?,29?. The van der Waals surface area contributed by atoms with E-state index in [1.54, 1.807) is 0 Å². The van der Waals surface area contributed by atoms with Crippen molar-refractivity contribution in [3.05, 3.63) is 36.7 Å². The lowest BCUT2D eigenvalue weighted by molar-refractivity contribution is -0.0394. The van der Waals surface area contributed by atoms with Gasteiger partial charge < -0.3 is 24.0 Å². The van der Waals surface area contributed by atoms with E-state index in [0.717, 1.165) is 68.5 Å². The van der Waals surface area contributed by atoms with Gasteiger partial charge in [-0.2, -0.15) is 5.10 Å². The molecule has 11 nitrogen and oxygen atoms in total. The molecule has 3 aromatic rings. The van der Waals surface area contributed by atoms with E-state index < -0.39 is 5.60 Å². The molecule has 6 rings (SSSR count). The second-order valence-electron chi connectivity index (χ2n) is 12.8. The van der Waals surface area contributed by atoms with Crippen LogP contribution in [0.1, 0.15) is 78.9 Å². The third-order valence-corrected chi connectivity index (χ3v) is 8.64. The molecule has 2 bridgehead atoms. The number of ether oxygens (including phenoxy) is 3. The maximum Gasteiger partial charge on any atom is 0.410 e. The third kappa shape index (κ3) is 6.32. The second-order valence-corrected chi connectivity index (χ2v) is 12.8. The number of carbonyl (C=O) groups is 1. The fraction of sp³-hybridized carbons (Fsp3) is 0.594. The molecule has 0 radical (unpaired) electrons. The summed E-state index contributed by atoms with van der Waals surface area (Å²) < 4.78 is 19.4. The maximum atomic E-state index is 12.9. The van der Waals surface area contributed by atoms with Crippen molar-refractivity contribution in [2.45, 2.75) is 103 Å². The number of hydrogen-bond acceptors (Lipinski definition) is 9. The maximum absolute atomic E-state index is 12.9. The summed E-state index contributed by atoms with van der Waals surface area (Å²) in [6.07, 6.45) is 10.6. The number of hydrogen-bond donors (Lipinski definition) is 0. The van der Waals surface area contributed by atoms with E-state index in [2.05, 4.69) is 27.2 Å². The van der Waals surface area contributed by atoms with Gasteiger partial charge in [0.05, 0.1) is 18.5 Å². The Morgan fingerprint density at radius 2 is 1.81 bits per heavy atom. The molecule has 2 unspecified atom stereocenters. The van der Waals surface area contributed by atoms with Crippen LogP contribution in [0.25, 0.3) is 22.5 Å². The average molecular weight is 590 g/mol. The molecule has 230 valence electrons. The predicted octanol–water partition coefficient (Wildman–Crippen LogP) is 5.87. The van der Waals surface area contributed by atoms with Crippen LogP contribution in [-0.4, -0.2) is 79.9 Å². The summed E-state index contributed by atoms with van der Waals surface area (Å²) in [6, 6.07) is 8.56. The molecule has 4 atom stereocenters. The van der Waals surface area contributed by atoms with Gasteiger partial charge in [0, 0.05) is 49.1 Å². The first kappa shape index (κ1) is 29.3. The van der Waals surface area contributed by atoms with Gasteiger partial charge in [0.15, 0.2) is 5.82 Å². The van der Waals surface area contributed by atoms with Crippen LogP contribution in [0.3, 0.4) is 0 Å². The van der Waals surface area contributed by atoms with Crippen LogP contribution >= 0.6 is 0 Å². The van der Waals surface area contributed by atoms with E-state index in [1.165, 1.54) is 0 Å². The molecule has 3 saturated heterocycles. The number of carbonyl (C=O) groups excluding carboxylic acids is 1. The molecule has 1 amide bonds. The largest absolute Gasteiger partial charge is 0.478 e. The third-order valence-electron chi connectivity index (χ3n) is 8.64. The first-order chi connectivity index (χ1) is 20.7. The van der Waals surface area contributed by atoms with Gasteiger partial charge in [0.2, 0.25) is 5.88 Å². The van der Waals surface area contributed by atoms with E-state index in [0.29, 0.717) is 23.9 Å². The number of fused-ring (bicyclic) bond motifs is 2. The fourth-order valence-electron chi connectivity index (χ4n) is 6.53. The summed E-state index contributed by atoms with van der Waals surface area (Å²) in [5, 5.41) is 13.7. The van der Waals surface area contributed by atoms with Crippen LogP contribution in [-0.2, 0) is 9.47 Å². The van der Waals surface area contributed by atoms with E-state index >= 15 is 0 Å². The monoisotopic (exact) mass is 589 g/mol. The van der Waals surface area contributed by atoms with Gasteiger partial charge in [0.25, 0.3) is 0 Å². The number of amides is 1. The number of anilines is 1. The Hall–Kier alpha value is -3.73. The lowest BCUT2D eigenvalue weighted by Crippen LogP contribution is -2.53. The van der Waals surface area contributed by atoms with Crippen molar-refractivity contribution in [3.63, 3.8) is 0 Å². The molecule has 3 aliphatic rings. The molecule has 0 N–H and O–H groups in total. The summed E-state index contributed by atoms with van der Waals surface area (Å²) in [4.78, 5) is 21.9. The van der Waals surface area contributed by atoms with Crippen LogP contribution in [0.15, 0.2) is 36.7 Å². The first-order valence-electron chi connectivity index (χ1n) is 15.6. The highest BCUT2D eigenvalue weighted by atomic mass is 16.6. The molecular formula is C32H43N7O4. The molecule has 43 heavy (non-hydrogen) atoms. The summed E-state index contributed by atoms with van der Waals surface area (Å²) in [5.74, 6) is 1.34. The topological polar surface area (TPSA) is 108 Å². The molecule has 0 spiro atoms. The van der Waals surface area contributed by atoms with Crippen LogP contribution in [0.4, 0.5) is 10.6 Å². The van der Waals surface area contributed by atoms with Gasteiger partial charge in [0.1, 0.15) is 17.5 Å². The molecule has 11 heteroatoms. The van der Waals surface area contributed by atoms with Crippen molar-refractivity contribution in [2.75, 3.05) is 25.2 Å². The van der Waals surface area contributed by atoms with E-state index in [1.807, 2.05) is 73.9 Å². The first-order valence-corrected chi connectivity index (χ1v) is 15.6. The predicted molar refractivity (Wildman–Crippen MR) is 163 cm³/mol. The SMILES string of the molecule is CCOc1nc(-c2ccc(N(C)C3C[C@H]4CC[C@@H](C3)N4C(=O)OC(C)(C)C)nn2)ccc1-c1cnn(C2CCCCO2)c1. The molecule has 3 aromatic heterocycles. The van der Waals surface area contributed by atoms with Crippen molar-refractivity contribution >= 4 is 11.9 Å². The zero-order chi connectivity index (χ0) is 30.1. The van der Waals surface area contributed by atoms with Crippen molar-refractivity contribution < 1.29 is 19.0 Å². The summed E-state index contributed by atoms with van der Waals surface area (Å²) in [7, 11) is 2.07. The van der Waals surface area contributed by atoms with Gasteiger partial charge in [-0.25, -0.2) is 14.5 Å². The Morgan fingerprint density at radius 3 is 2.47 bits per heavy atom. The Labute approximate surface area is 253 Å². The lowest BCUT2D eigenvalue weighted by Gasteiger charge is -2.42. The Kier molecular flexibility index (Phi) is 8.26. The molecular weight excluding hydrogens is 546 g/mol. The van der Waals surface area contributed by atoms with Gasteiger partial charge in [-0.05, 0) is 96.9 Å². The quantitative estimate of drug-likeness (QED) is 0.334. The number of nitrogens with zero attached hydrogens (tertiary/aromatic N) is 7. The van der Waals surface area contributed by atoms with E-state index in [4.69, 9.17) is 19.2 Å². The van der Waals surface area contributed by atoms with E-state index in [9.17, 15) is 4.79 Å². The van der Waals surface area contributed by atoms with E-state index in [-0.39, 0.29) is 30.4 Å². The highest BCUT2D eigenvalue weighted by Gasteiger charge is 2.46. The minimum absolute atomic E-state index is 0.0233. The van der Waals surface area contributed by atoms with Crippen LogP contribution in [0, 0.1) is 0 Å². The van der Waals surface area contributed by atoms with Crippen LogP contribution < -0.4 is 9.64 Å². The number of piperidine rings is 1. The zero-order valence-corrected chi connectivity index (χ0v) is 25.9. The van der Waals surface area contributed by atoms with Gasteiger partial charge in [-0.1, -0.05) is 0 Å². The molecule has 0 saturated carbocycles. The molecule has 3 fully saturated rings. The molecule has 6 heterocycles. The average Bonchev–Trinajstić information content (AvgIpc) is 3.59. The lowest BCUT2D eigenvalue weighted by atomic mass is 9.96. The second kappa shape index (κ2) is 12.1. The summed E-state index contributed by atoms with van der Waals surface area (Å²) in [6.45, 7) is 8.96. The Morgan fingerprint density at radius 1 is 1.05 bits per heavy atom. The smallest absolute Gasteiger partial charge is 0.410 e. The summed E-state index contributed by atoms with van der Waals surface area (Å²) >= 11 is 0. The van der Waals surface area contributed by atoms with Gasteiger partial charge in [-0.3, -0.25) is 0 Å². The zero-order valence-electron chi connectivity index (χ0n) is 25.9. The molecule has 0 aliphatic carbocycles. The Balaban J connectivity index is 1.14. The Bertz CT molecular complexity index is 1400.